The molecule has 0 amide bonds. The minimum atomic E-state index is -3.03. The Morgan fingerprint density at radius 2 is 2.00 bits per heavy atom. The van der Waals surface area contributed by atoms with Gasteiger partial charge in [0, 0.05) is 12.7 Å². The third-order valence-electron chi connectivity index (χ3n) is 3.99. The number of hydrogen-bond donors (Lipinski definition) is 0. The lowest BCUT2D eigenvalue weighted by Crippen LogP contribution is -2.33. The molecule has 0 radical (unpaired) electrons. The van der Waals surface area contributed by atoms with Gasteiger partial charge in [-0.1, -0.05) is 11.6 Å². The molecule has 0 N–H and O–H groups in total. The minimum absolute atomic E-state index is 0.0378. The zero-order chi connectivity index (χ0) is 15.6. The van der Waals surface area contributed by atoms with Crippen molar-refractivity contribution in [1.82, 2.24) is 0 Å². The minimum Gasteiger partial charge on any atom is -0.490 e. The topological polar surface area (TPSA) is 60.4 Å². The number of sulfone groups is 1. The number of carbonyl (C=O) groups excluding carboxylic acids is 1. The highest BCUT2D eigenvalue weighted by atomic mass is 32.2. The van der Waals surface area contributed by atoms with E-state index in [-0.39, 0.29) is 17.1 Å². The lowest BCUT2D eigenvalue weighted by molar-refractivity contribution is 0.100. The van der Waals surface area contributed by atoms with Crippen LogP contribution >= 0.6 is 0 Å². The van der Waals surface area contributed by atoms with Crippen LogP contribution in [-0.2, 0) is 9.84 Å². The summed E-state index contributed by atoms with van der Waals surface area (Å²) < 4.78 is 29.3. The summed E-state index contributed by atoms with van der Waals surface area (Å²) in [4.78, 5) is 11.7. The van der Waals surface area contributed by atoms with Gasteiger partial charge >= 0.3 is 0 Å². The number of Topliss-reactive ketones (excluding diaryl/α,β-unsaturated/α-hetero) is 1. The van der Waals surface area contributed by atoms with E-state index >= 15 is 0 Å². The summed E-state index contributed by atoms with van der Waals surface area (Å²) in [6.45, 7) is 3.44. The van der Waals surface area contributed by atoms with Crippen molar-refractivity contribution in [2.45, 2.75) is 50.9 Å². The highest BCUT2D eigenvalue weighted by Crippen LogP contribution is 2.29. The van der Waals surface area contributed by atoms with E-state index in [1.807, 2.05) is 19.1 Å². The number of rotatable bonds is 4. The van der Waals surface area contributed by atoms with Gasteiger partial charge in [-0.3, -0.25) is 4.79 Å². The van der Waals surface area contributed by atoms with E-state index in [4.69, 9.17) is 4.74 Å². The lowest BCUT2D eigenvalue weighted by atomic mass is 9.97. The van der Waals surface area contributed by atoms with Crippen LogP contribution < -0.4 is 4.74 Å². The molecule has 4 nitrogen and oxygen atoms in total. The van der Waals surface area contributed by atoms with Crippen LogP contribution in [0.5, 0.6) is 5.75 Å². The molecule has 1 saturated carbocycles. The van der Waals surface area contributed by atoms with Crippen molar-refractivity contribution >= 4 is 15.6 Å². The molecule has 2 atom stereocenters. The SMILES string of the molecule is CC(=O)c1cc(C)ccc1OC1CCCC(S(C)(=O)=O)C1. The molecule has 1 fully saturated rings. The largest absolute Gasteiger partial charge is 0.490 e. The van der Waals surface area contributed by atoms with Crippen LogP contribution in [0, 0.1) is 6.92 Å². The lowest BCUT2D eigenvalue weighted by Gasteiger charge is -2.29. The first kappa shape index (κ1) is 16.0. The summed E-state index contributed by atoms with van der Waals surface area (Å²) in [5, 5.41) is -0.331. The number of ether oxygens (including phenoxy) is 1. The van der Waals surface area contributed by atoms with Gasteiger partial charge in [-0.15, -0.1) is 0 Å². The molecular formula is C16H22O4S. The van der Waals surface area contributed by atoms with Gasteiger partial charge in [0.15, 0.2) is 5.78 Å². The molecule has 0 aromatic heterocycles. The molecule has 0 heterocycles. The van der Waals surface area contributed by atoms with Crippen molar-refractivity contribution in [3.05, 3.63) is 29.3 Å². The molecule has 1 aliphatic carbocycles. The van der Waals surface area contributed by atoms with Crippen LogP contribution in [0.1, 0.15) is 48.5 Å². The number of hydrogen-bond acceptors (Lipinski definition) is 4. The van der Waals surface area contributed by atoms with Crippen LogP contribution in [0.4, 0.5) is 0 Å². The molecule has 0 saturated heterocycles. The van der Waals surface area contributed by atoms with Gasteiger partial charge in [0.05, 0.1) is 16.9 Å². The first-order chi connectivity index (χ1) is 9.77. The zero-order valence-electron chi connectivity index (χ0n) is 12.8. The van der Waals surface area contributed by atoms with Gasteiger partial charge in [0.25, 0.3) is 0 Å². The summed E-state index contributed by atoms with van der Waals surface area (Å²) in [7, 11) is -3.03. The van der Waals surface area contributed by atoms with Gasteiger partial charge in [-0.25, -0.2) is 8.42 Å². The smallest absolute Gasteiger partial charge is 0.163 e. The fourth-order valence-electron chi connectivity index (χ4n) is 2.80. The number of aryl methyl sites for hydroxylation is 1. The molecular weight excluding hydrogens is 288 g/mol. The Labute approximate surface area is 126 Å². The molecule has 2 rings (SSSR count). The Bertz CT molecular complexity index is 634. The Balaban J connectivity index is 2.17. The Kier molecular flexibility index (Phi) is 4.71. The predicted octanol–water partition coefficient (Wildman–Crippen LogP) is 2.93. The predicted molar refractivity (Wildman–Crippen MR) is 82.7 cm³/mol. The van der Waals surface area contributed by atoms with E-state index in [1.54, 1.807) is 6.07 Å². The second-order valence-electron chi connectivity index (χ2n) is 5.91. The number of benzene rings is 1. The molecule has 1 aromatic rings. The molecule has 2 unspecified atom stereocenters. The van der Waals surface area contributed by atoms with Gasteiger partial charge in [-0.2, -0.15) is 0 Å². The second kappa shape index (κ2) is 6.18. The standard InChI is InChI=1S/C16H22O4S/c1-11-7-8-16(15(9-11)12(2)17)20-13-5-4-6-14(10-13)21(3,18)19/h7-9,13-14H,4-6,10H2,1-3H3. The van der Waals surface area contributed by atoms with Crippen LogP contribution in [0.25, 0.3) is 0 Å². The van der Waals surface area contributed by atoms with E-state index in [1.165, 1.54) is 13.2 Å². The van der Waals surface area contributed by atoms with Gasteiger partial charge < -0.3 is 4.74 Å². The zero-order valence-corrected chi connectivity index (χ0v) is 13.6. The normalized spacial score (nSPS) is 22.8. The average Bonchev–Trinajstić information content (AvgIpc) is 2.40. The van der Waals surface area contributed by atoms with E-state index < -0.39 is 9.84 Å². The maximum absolute atomic E-state index is 11.7. The summed E-state index contributed by atoms with van der Waals surface area (Å²) in [5.74, 6) is 0.524. The summed E-state index contributed by atoms with van der Waals surface area (Å²) in [6, 6.07) is 5.52. The van der Waals surface area contributed by atoms with Crippen molar-refractivity contribution < 1.29 is 17.9 Å². The first-order valence-corrected chi connectivity index (χ1v) is 9.20. The molecule has 116 valence electrons. The van der Waals surface area contributed by atoms with Crippen LogP contribution in [0.2, 0.25) is 0 Å². The summed E-state index contributed by atoms with van der Waals surface area (Å²) in [6.07, 6.45) is 4.02. The highest BCUT2D eigenvalue weighted by Gasteiger charge is 2.30. The van der Waals surface area contributed by atoms with Crippen molar-refractivity contribution in [3.63, 3.8) is 0 Å². The maximum Gasteiger partial charge on any atom is 0.163 e. The quantitative estimate of drug-likeness (QED) is 0.802. The van der Waals surface area contributed by atoms with E-state index in [2.05, 4.69) is 0 Å². The van der Waals surface area contributed by atoms with Crippen LogP contribution in [-0.4, -0.2) is 31.8 Å². The summed E-state index contributed by atoms with van der Waals surface area (Å²) >= 11 is 0. The van der Waals surface area contributed by atoms with Gasteiger partial charge in [0.1, 0.15) is 15.6 Å². The van der Waals surface area contributed by atoms with Crippen molar-refractivity contribution in [3.8, 4) is 5.75 Å². The molecule has 0 aliphatic heterocycles. The molecule has 0 bridgehead atoms. The third-order valence-corrected chi connectivity index (χ3v) is 5.63. The van der Waals surface area contributed by atoms with Crippen molar-refractivity contribution in [1.29, 1.82) is 0 Å². The molecule has 21 heavy (non-hydrogen) atoms. The molecule has 1 aliphatic rings. The number of carbonyl (C=O) groups is 1. The Hall–Kier alpha value is -1.36. The van der Waals surface area contributed by atoms with E-state index in [9.17, 15) is 13.2 Å². The Morgan fingerprint density at radius 1 is 1.29 bits per heavy atom. The molecule has 1 aromatic carbocycles. The Morgan fingerprint density at radius 3 is 2.62 bits per heavy atom. The van der Waals surface area contributed by atoms with E-state index in [0.29, 0.717) is 24.2 Å². The fraction of sp³-hybridized carbons (Fsp3) is 0.562. The molecule has 0 spiro atoms. The monoisotopic (exact) mass is 310 g/mol. The second-order valence-corrected chi connectivity index (χ2v) is 8.24. The van der Waals surface area contributed by atoms with Gasteiger partial charge in [0.2, 0.25) is 0 Å². The van der Waals surface area contributed by atoms with Crippen LogP contribution in [0.15, 0.2) is 18.2 Å². The number of ketones is 1. The van der Waals surface area contributed by atoms with E-state index in [0.717, 1.165) is 18.4 Å². The summed E-state index contributed by atoms with van der Waals surface area (Å²) in [5.41, 5.74) is 1.57. The maximum atomic E-state index is 11.7. The highest BCUT2D eigenvalue weighted by molar-refractivity contribution is 7.91. The van der Waals surface area contributed by atoms with Gasteiger partial charge in [-0.05, 0) is 45.2 Å². The average molecular weight is 310 g/mol. The first-order valence-electron chi connectivity index (χ1n) is 7.24. The van der Waals surface area contributed by atoms with Crippen molar-refractivity contribution in [2.75, 3.05) is 6.26 Å². The fourth-order valence-corrected chi connectivity index (χ4v) is 3.96. The molecule has 5 heteroatoms. The van der Waals surface area contributed by atoms with Crippen LogP contribution in [0.3, 0.4) is 0 Å². The third kappa shape index (κ3) is 4.06. The van der Waals surface area contributed by atoms with Crippen molar-refractivity contribution in [2.24, 2.45) is 0 Å².